The van der Waals surface area contributed by atoms with E-state index in [0.717, 1.165) is 19.5 Å². The summed E-state index contributed by atoms with van der Waals surface area (Å²) in [5.74, 6) is 0. The predicted octanol–water partition coefficient (Wildman–Crippen LogP) is 2.95. The van der Waals surface area contributed by atoms with E-state index in [0.29, 0.717) is 0 Å². The van der Waals surface area contributed by atoms with Gasteiger partial charge >= 0.3 is 0 Å². The van der Waals surface area contributed by atoms with Crippen LogP contribution in [0.1, 0.15) is 4.88 Å². The Bertz CT molecular complexity index is 511. The Morgan fingerprint density at radius 3 is 2.56 bits per heavy atom. The maximum atomic E-state index is 5.64. The third-order valence-electron chi connectivity index (χ3n) is 3.54. The maximum Gasteiger partial charge on any atom is 0.0973 e. The van der Waals surface area contributed by atoms with Crippen LogP contribution in [0.4, 0.5) is 0 Å². The molecular formula is C15H17NOS. The number of hydrogen-bond acceptors (Lipinski definition) is 3. The van der Waals surface area contributed by atoms with Crippen molar-refractivity contribution in [3.8, 4) is 10.4 Å². The molecule has 1 aliphatic rings. The number of benzene rings is 1. The van der Waals surface area contributed by atoms with E-state index in [2.05, 4.69) is 47.8 Å². The molecular weight excluding hydrogens is 242 g/mol. The van der Waals surface area contributed by atoms with E-state index in [9.17, 15) is 0 Å². The average Bonchev–Trinajstić information content (AvgIpc) is 2.83. The third-order valence-corrected chi connectivity index (χ3v) is 4.68. The van der Waals surface area contributed by atoms with E-state index in [1.807, 2.05) is 18.4 Å². The van der Waals surface area contributed by atoms with Gasteiger partial charge in [0.1, 0.15) is 0 Å². The highest BCUT2D eigenvalue weighted by Gasteiger charge is 2.37. The van der Waals surface area contributed by atoms with Crippen molar-refractivity contribution >= 4 is 11.3 Å². The van der Waals surface area contributed by atoms with Crippen LogP contribution in [0.15, 0.2) is 42.5 Å². The molecule has 1 aromatic carbocycles. The molecule has 1 aromatic heterocycles. The van der Waals surface area contributed by atoms with Crippen LogP contribution in [0.5, 0.6) is 0 Å². The van der Waals surface area contributed by atoms with Gasteiger partial charge in [-0.2, -0.15) is 0 Å². The van der Waals surface area contributed by atoms with Gasteiger partial charge in [-0.3, -0.25) is 0 Å². The van der Waals surface area contributed by atoms with Crippen LogP contribution in [0.2, 0.25) is 0 Å². The number of nitrogens with one attached hydrogen (secondary N) is 1. The van der Waals surface area contributed by atoms with Crippen LogP contribution in [-0.4, -0.2) is 25.8 Å². The summed E-state index contributed by atoms with van der Waals surface area (Å²) in [5, 5.41) is 3.29. The second-order valence-corrected chi connectivity index (χ2v) is 5.97. The number of rotatable bonds is 4. The third kappa shape index (κ3) is 2.21. The fourth-order valence-electron chi connectivity index (χ4n) is 2.29. The van der Waals surface area contributed by atoms with Gasteiger partial charge in [0, 0.05) is 36.4 Å². The van der Waals surface area contributed by atoms with Gasteiger partial charge in [0.25, 0.3) is 0 Å². The molecule has 0 unspecified atom stereocenters. The Morgan fingerprint density at radius 1 is 1.17 bits per heavy atom. The molecule has 3 rings (SSSR count). The zero-order valence-corrected chi connectivity index (χ0v) is 11.3. The molecule has 94 valence electrons. The van der Waals surface area contributed by atoms with Crippen molar-refractivity contribution in [3.63, 3.8) is 0 Å². The Kier molecular flexibility index (Phi) is 3.20. The molecule has 0 amide bonds. The lowest BCUT2D eigenvalue weighted by Crippen LogP contribution is -2.61. The molecule has 0 spiro atoms. The van der Waals surface area contributed by atoms with E-state index in [-0.39, 0.29) is 5.60 Å². The minimum atomic E-state index is 0.0266. The first-order valence-electron chi connectivity index (χ1n) is 6.21. The summed E-state index contributed by atoms with van der Waals surface area (Å²) in [6.07, 6.45) is 1.01. The molecule has 18 heavy (non-hydrogen) atoms. The van der Waals surface area contributed by atoms with Crippen LogP contribution in [0, 0.1) is 0 Å². The summed E-state index contributed by atoms with van der Waals surface area (Å²) in [4.78, 5) is 2.74. The van der Waals surface area contributed by atoms with Crippen molar-refractivity contribution in [1.29, 1.82) is 0 Å². The van der Waals surface area contributed by atoms with E-state index >= 15 is 0 Å². The highest BCUT2D eigenvalue weighted by atomic mass is 32.1. The Labute approximate surface area is 112 Å². The summed E-state index contributed by atoms with van der Waals surface area (Å²) >= 11 is 1.87. The Hall–Kier alpha value is -1.16. The van der Waals surface area contributed by atoms with Crippen molar-refractivity contribution < 1.29 is 4.74 Å². The zero-order chi connectivity index (χ0) is 12.4. The van der Waals surface area contributed by atoms with Gasteiger partial charge in [-0.05, 0) is 17.7 Å². The minimum Gasteiger partial charge on any atom is -0.375 e. The van der Waals surface area contributed by atoms with Crippen molar-refractivity contribution in [2.45, 2.75) is 12.0 Å². The fourth-order valence-corrected chi connectivity index (χ4v) is 3.44. The lowest BCUT2D eigenvalue weighted by atomic mass is 9.92. The second-order valence-electron chi connectivity index (χ2n) is 4.80. The second kappa shape index (κ2) is 4.84. The predicted molar refractivity (Wildman–Crippen MR) is 76.1 cm³/mol. The van der Waals surface area contributed by atoms with Gasteiger partial charge in [0.2, 0.25) is 0 Å². The number of thiophene rings is 1. The molecule has 2 heterocycles. The van der Waals surface area contributed by atoms with E-state index in [1.54, 1.807) is 0 Å². The monoisotopic (exact) mass is 259 g/mol. The summed E-state index contributed by atoms with van der Waals surface area (Å²) in [7, 11) is 1.81. The standard InChI is InChI=1S/C15H17NOS/c1-17-15(10-16-11-15)9-13-7-8-14(18-13)12-5-3-2-4-6-12/h2-8,16H,9-11H2,1H3. The van der Waals surface area contributed by atoms with Gasteiger partial charge in [-0.1, -0.05) is 30.3 Å². The first-order valence-corrected chi connectivity index (χ1v) is 7.03. The Balaban J connectivity index is 1.78. The summed E-state index contributed by atoms with van der Waals surface area (Å²) in [6.45, 7) is 1.92. The molecule has 0 aliphatic carbocycles. The minimum absolute atomic E-state index is 0.0266. The molecule has 0 saturated carbocycles. The molecule has 2 aromatic rings. The first kappa shape index (κ1) is 11.9. The van der Waals surface area contributed by atoms with Crippen LogP contribution in [-0.2, 0) is 11.2 Å². The average molecular weight is 259 g/mol. The molecule has 1 N–H and O–H groups in total. The van der Waals surface area contributed by atoms with Crippen LogP contribution < -0.4 is 5.32 Å². The highest BCUT2D eigenvalue weighted by Crippen LogP contribution is 2.31. The smallest absolute Gasteiger partial charge is 0.0973 e. The van der Waals surface area contributed by atoms with Gasteiger partial charge < -0.3 is 10.1 Å². The van der Waals surface area contributed by atoms with Gasteiger partial charge in [-0.15, -0.1) is 11.3 Å². The Morgan fingerprint density at radius 2 is 1.94 bits per heavy atom. The van der Waals surface area contributed by atoms with E-state index in [4.69, 9.17) is 4.74 Å². The molecule has 1 fully saturated rings. The molecule has 3 heteroatoms. The molecule has 0 atom stereocenters. The van der Waals surface area contributed by atoms with E-state index < -0.39 is 0 Å². The summed E-state index contributed by atoms with van der Waals surface area (Å²) < 4.78 is 5.64. The molecule has 0 bridgehead atoms. The normalized spacial score (nSPS) is 17.4. The van der Waals surface area contributed by atoms with Crippen molar-refractivity contribution in [3.05, 3.63) is 47.3 Å². The largest absolute Gasteiger partial charge is 0.375 e. The molecule has 1 aliphatic heterocycles. The lowest BCUT2D eigenvalue weighted by molar-refractivity contribution is -0.0496. The number of methoxy groups -OCH3 is 1. The van der Waals surface area contributed by atoms with Crippen LogP contribution in [0.25, 0.3) is 10.4 Å². The number of ether oxygens (including phenoxy) is 1. The summed E-state index contributed by atoms with van der Waals surface area (Å²) in [5.41, 5.74) is 1.32. The maximum absolute atomic E-state index is 5.64. The lowest BCUT2D eigenvalue weighted by Gasteiger charge is -2.41. The van der Waals surface area contributed by atoms with Crippen molar-refractivity contribution in [2.75, 3.05) is 20.2 Å². The fraction of sp³-hybridized carbons (Fsp3) is 0.333. The SMILES string of the molecule is COC1(Cc2ccc(-c3ccccc3)s2)CNC1. The van der Waals surface area contributed by atoms with E-state index in [1.165, 1.54) is 15.3 Å². The van der Waals surface area contributed by atoms with Gasteiger partial charge in [0.15, 0.2) is 0 Å². The molecule has 2 nitrogen and oxygen atoms in total. The van der Waals surface area contributed by atoms with Gasteiger partial charge in [-0.25, -0.2) is 0 Å². The van der Waals surface area contributed by atoms with Crippen LogP contribution in [0.3, 0.4) is 0 Å². The molecule has 0 radical (unpaired) electrons. The van der Waals surface area contributed by atoms with Crippen molar-refractivity contribution in [2.24, 2.45) is 0 Å². The van der Waals surface area contributed by atoms with Crippen molar-refractivity contribution in [1.82, 2.24) is 5.32 Å². The van der Waals surface area contributed by atoms with Gasteiger partial charge in [0.05, 0.1) is 5.60 Å². The summed E-state index contributed by atoms with van der Waals surface area (Å²) in [6, 6.07) is 15.0. The zero-order valence-electron chi connectivity index (χ0n) is 10.5. The number of hydrogen-bond donors (Lipinski definition) is 1. The molecule has 1 saturated heterocycles. The quantitative estimate of drug-likeness (QED) is 0.911. The van der Waals surface area contributed by atoms with Crippen LogP contribution >= 0.6 is 11.3 Å². The topological polar surface area (TPSA) is 21.3 Å². The first-order chi connectivity index (χ1) is 8.81. The highest BCUT2D eigenvalue weighted by molar-refractivity contribution is 7.15.